The van der Waals surface area contributed by atoms with Crippen LogP contribution in [0.15, 0.2) is 0 Å². The number of rotatable bonds is 6. The molecule has 2 atom stereocenters. The van der Waals surface area contributed by atoms with Crippen molar-refractivity contribution in [1.82, 2.24) is 0 Å². The molecule has 92 valence electrons. The average molecular weight is 231 g/mol. The van der Waals surface area contributed by atoms with E-state index in [0.29, 0.717) is 0 Å². The minimum absolute atomic E-state index is 0.0449. The highest BCUT2D eigenvalue weighted by Gasteiger charge is 2.26. The quantitative estimate of drug-likeness (QED) is 0.490. The Balaban J connectivity index is 4.24. The number of aliphatic carboxylic acids is 1. The van der Waals surface area contributed by atoms with Gasteiger partial charge in [-0.05, 0) is 12.8 Å². The highest BCUT2D eigenvalue weighted by molar-refractivity contribution is 6.33. The van der Waals surface area contributed by atoms with E-state index in [2.05, 4.69) is 4.74 Å². The second kappa shape index (κ2) is 6.22. The Morgan fingerprint density at radius 1 is 1.25 bits per heavy atom. The van der Waals surface area contributed by atoms with Crippen molar-refractivity contribution in [2.75, 3.05) is 0 Å². The molecule has 0 aliphatic carbocycles. The van der Waals surface area contributed by atoms with Gasteiger partial charge in [-0.2, -0.15) is 0 Å². The number of carbonyl (C=O) groups is 3. The van der Waals surface area contributed by atoms with Crippen LogP contribution >= 0.6 is 0 Å². The predicted octanol–water partition coefficient (Wildman–Crippen LogP) is -0.0548. The molecular formula is C10H17NO5. The Kier molecular flexibility index (Phi) is 5.66. The number of carboxylic acids is 1. The molecule has 16 heavy (non-hydrogen) atoms. The average Bonchev–Trinajstić information content (AvgIpc) is 2.14. The Bertz CT molecular complexity index is 287. The van der Waals surface area contributed by atoms with E-state index < -0.39 is 29.9 Å². The summed E-state index contributed by atoms with van der Waals surface area (Å²) in [6.45, 7) is 4.91. The molecule has 0 aromatic heterocycles. The van der Waals surface area contributed by atoms with E-state index in [0.717, 1.165) is 0 Å². The molecule has 0 radical (unpaired) electrons. The van der Waals surface area contributed by atoms with Gasteiger partial charge in [-0.1, -0.05) is 13.8 Å². The van der Waals surface area contributed by atoms with Crippen LogP contribution in [0.2, 0.25) is 0 Å². The van der Waals surface area contributed by atoms with Gasteiger partial charge in [0.25, 0.3) is 0 Å². The minimum Gasteiger partial charge on any atom is -0.480 e. The molecule has 0 aromatic rings. The normalized spacial score (nSPS) is 14.3. The van der Waals surface area contributed by atoms with Crippen LogP contribution in [0, 0.1) is 5.92 Å². The second-order valence-corrected chi connectivity index (χ2v) is 4.00. The van der Waals surface area contributed by atoms with Crippen molar-refractivity contribution in [3.63, 3.8) is 0 Å². The molecule has 3 N–H and O–H groups in total. The third-order valence-corrected chi connectivity index (χ3v) is 1.91. The molecule has 0 unspecified atom stereocenters. The molecule has 6 nitrogen and oxygen atoms in total. The van der Waals surface area contributed by atoms with Gasteiger partial charge in [0, 0.05) is 6.42 Å². The fraction of sp³-hybridized carbons (Fsp3) is 0.700. The van der Waals surface area contributed by atoms with Gasteiger partial charge in [-0.15, -0.1) is 0 Å². The smallest absolute Gasteiger partial charge is 0.374 e. The lowest BCUT2D eigenvalue weighted by atomic mass is 10.1. The van der Waals surface area contributed by atoms with Crippen molar-refractivity contribution in [1.29, 1.82) is 0 Å². The first-order chi connectivity index (χ1) is 7.25. The number of Topliss-reactive ketones (excluding diaryl/α,β-unsaturated/α-hetero) is 1. The van der Waals surface area contributed by atoms with Crippen LogP contribution in [0.1, 0.15) is 27.2 Å². The second-order valence-electron chi connectivity index (χ2n) is 4.00. The Morgan fingerprint density at radius 2 is 1.75 bits per heavy atom. The zero-order valence-electron chi connectivity index (χ0n) is 9.60. The van der Waals surface area contributed by atoms with Crippen molar-refractivity contribution < 1.29 is 24.2 Å². The Morgan fingerprint density at radius 3 is 2.12 bits per heavy atom. The SMILES string of the molecule is CC(C)CC(=O)C(=O)O[C@H](C)[C@H](N)C(=O)O. The van der Waals surface area contributed by atoms with Gasteiger partial charge in [-0.25, -0.2) is 4.79 Å². The highest BCUT2D eigenvalue weighted by atomic mass is 16.5. The largest absolute Gasteiger partial charge is 0.480 e. The summed E-state index contributed by atoms with van der Waals surface area (Å²) in [6.07, 6.45) is -0.950. The summed E-state index contributed by atoms with van der Waals surface area (Å²) in [6, 6.07) is -1.32. The van der Waals surface area contributed by atoms with E-state index in [1.807, 2.05) is 0 Å². The maximum Gasteiger partial charge on any atom is 0.374 e. The number of nitrogens with two attached hydrogens (primary N) is 1. The van der Waals surface area contributed by atoms with Crippen LogP contribution in [-0.4, -0.2) is 35.0 Å². The van der Waals surface area contributed by atoms with Gasteiger partial charge in [0.05, 0.1) is 0 Å². The van der Waals surface area contributed by atoms with Crippen molar-refractivity contribution in [3.05, 3.63) is 0 Å². The van der Waals surface area contributed by atoms with Gasteiger partial charge >= 0.3 is 11.9 Å². The van der Waals surface area contributed by atoms with Crippen LogP contribution in [0.5, 0.6) is 0 Å². The lowest BCUT2D eigenvalue weighted by molar-refractivity contribution is -0.160. The van der Waals surface area contributed by atoms with Crippen molar-refractivity contribution in [2.45, 2.75) is 39.3 Å². The Hall–Kier alpha value is -1.43. The lowest BCUT2D eigenvalue weighted by Crippen LogP contribution is -2.43. The first-order valence-corrected chi connectivity index (χ1v) is 4.97. The molecular weight excluding hydrogens is 214 g/mol. The molecule has 6 heteroatoms. The fourth-order valence-electron chi connectivity index (χ4n) is 0.963. The zero-order valence-corrected chi connectivity index (χ0v) is 9.60. The summed E-state index contributed by atoms with van der Waals surface area (Å²) < 4.78 is 4.64. The molecule has 0 fully saturated rings. The number of esters is 1. The molecule has 0 saturated heterocycles. The van der Waals surface area contributed by atoms with Crippen LogP contribution in [0.3, 0.4) is 0 Å². The van der Waals surface area contributed by atoms with Gasteiger partial charge in [0.1, 0.15) is 12.1 Å². The first-order valence-electron chi connectivity index (χ1n) is 4.97. The first kappa shape index (κ1) is 14.6. The summed E-state index contributed by atoms with van der Waals surface area (Å²) in [5.74, 6) is -2.93. The summed E-state index contributed by atoms with van der Waals surface area (Å²) in [4.78, 5) is 32.9. The number of hydrogen-bond acceptors (Lipinski definition) is 5. The molecule has 0 spiro atoms. The number of ether oxygens (including phenoxy) is 1. The van der Waals surface area contributed by atoms with E-state index >= 15 is 0 Å². The topological polar surface area (TPSA) is 107 Å². The monoisotopic (exact) mass is 231 g/mol. The van der Waals surface area contributed by atoms with Gasteiger partial charge in [0.15, 0.2) is 0 Å². The van der Waals surface area contributed by atoms with E-state index in [9.17, 15) is 14.4 Å². The van der Waals surface area contributed by atoms with Crippen LogP contribution < -0.4 is 5.73 Å². The molecule has 0 rings (SSSR count). The molecule has 0 aliphatic heterocycles. The van der Waals surface area contributed by atoms with Crippen molar-refractivity contribution >= 4 is 17.7 Å². The van der Waals surface area contributed by atoms with Crippen molar-refractivity contribution in [3.8, 4) is 0 Å². The number of hydrogen-bond donors (Lipinski definition) is 2. The summed E-state index contributed by atoms with van der Waals surface area (Å²) in [5, 5.41) is 8.55. The summed E-state index contributed by atoms with van der Waals surface area (Å²) in [7, 11) is 0. The minimum atomic E-state index is -1.32. The van der Waals surface area contributed by atoms with Crippen molar-refractivity contribution in [2.24, 2.45) is 11.7 Å². The van der Waals surface area contributed by atoms with E-state index in [-0.39, 0.29) is 12.3 Å². The summed E-state index contributed by atoms with van der Waals surface area (Å²) >= 11 is 0. The number of carboxylic acid groups (broad SMARTS) is 1. The molecule has 0 aromatic carbocycles. The van der Waals surface area contributed by atoms with Crippen LogP contribution in [0.25, 0.3) is 0 Å². The zero-order chi connectivity index (χ0) is 12.9. The highest BCUT2D eigenvalue weighted by Crippen LogP contribution is 2.04. The van der Waals surface area contributed by atoms with Gasteiger partial charge in [0.2, 0.25) is 5.78 Å². The molecule has 0 heterocycles. The Labute approximate surface area is 93.8 Å². The fourth-order valence-corrected chi connectivity index (χ4v) is 0.963. The number of ketones is 1. The predicted molar refractivity (Wildman–Crippen MR) is 55.6 cm³/mol. The molecule has 0 bridgehead atoms. The third kappa shape index (κ3) is 4.88. The maximum atomic E-state index is 11.2. The van der Waals surface area contributed by atoms with E-state index in [4.69, 9.17) is 10.8 Å². The molecule has 0 aliphatic rings. The summed E-state index contributed by atoms with van der Waals surface area (Å²) in [5.41, 5.74) is 5.22. The molecule has 0 saturated carbocycles. The van der Waals surface area contributed by atoms with Gasteiger partial charge < -0.3 is 15.6 Å². The molecule has 0 amide bonds. The standard InChI is InChI=1S/C10H17NO5/c1-5(2)4-7(12)10(15)16-6(3)8(11)9(13)14/h5-6,8H,4,11H2,1-3H3,(H,13,14)/t6-,8+/m1/s1. The lowest BCUT2D eigenvalue weighted by Gasteiger charge is -2.16. The van der Waals surface area contributed by atoms with Gasteiger partial charge in [-0.3, -0.25) is 9.59 Å². The van der Waals surface area contributed by atoms with Crippen LogP contribution in [0.4, 0.5) is 0 Å². The van der Waals surface area contributed by atoms with Crippen LogP contribution in [-0.2, 0) is 19.1 Å². The van der Waals surface area contributed by atoms with E-state index in [1.54, 1.807) is 13.8 Å². The number of carbonyl (C=O) groups excluding carboxylic acids is 2. The van der Waals surface area contributed by atoms with E-state index in [1.165, 1.54) is 6.92 Å². The third-order valence-electron chi connectivity index (χ3n) is 1.91. The maximum absolute atomic E-state index is 11.2.